The highest BCUT2D eigenvalue weighted by Gasteiger charge is 1.99. The van der Waals surface area contributed by atoms with Gasteiger partial charge >= 0.3 is 0 Å². The zero-order chi connectivity index (χ0) is 16.1. The van der Waals surface area contributed by atoms with Crippen molar-refractivity contribution in [2.24, 2.45) is 0 Å². The molecule has 3 rings (SSSR count). The monoisotopic (exact) mass is 302 g/mol. The van der Waals surface area contributed by atoms with Crippen LogP contribution in [-0.2, 0) is 6.42 Å². The van der Waals surface area contributed by atoms with E-state index in [9.17, 15) is 0 Å². The molecule has 0 saturated heterocycles. The normalized spacial score (nSPS) is 10.5. The maximum absolute atomic E-state index is 5.73. The highest BCUT2D eigenvalue weighted by Crippen LogP contribution is 2.22. The number of nitrogens with two attached hydrogens (primary N) is 1. The number of hydrogen-bond donors (Lipinski definition) is 2. The highest BCUT2D eigenvalue weighted by molar-refractivity contribution is 5.67. The van der Waals surface area contributed by atoms with Crippen molar-refractivity contribution in [3.8, 4) is 11.1 Å². The van der Waals surface area contributed by atoms with Gasteiger partial charge in [-0.05, 0) is 54.3 Å². The van der Waals surface area contributed by atoms with Gasteiger partial charge in [-0.2, -0.15) is 0 Å². The first-order chi connectivity index (χ1) is 11.2. The van der Waals surface area contributed by atoms with Gasteiger partial charge in [0.15, 0.2) is 0 Å². The Morgan fingerprint density at radius 3 is 1.91 bits per heavy atom. The lowest BCUT2D eigenvalue weighted by Gasteiger charge is -2.08. The lowest BCUT2D eigenvalue weighted by Crippen LogP contribution is -2.04. The first kappa shape index (κ1) is 15.2. The van der Waals surface area contributed by atoms with Crippen LogP contribution in [0.5, 0.6) is 0 Å². The largest absolute Gasteiger partial charge is 0.399 e. The Hall–Kier alpha value is -2.74. The van der Waals surface area contributed by atoms with Crippen LogP contribution in [0, 0.1) is 6.92 Å². The number of benzene rings is 3. The molecule has 0 aliphatic rings. The summed E-state index contributed by atoms with van der Waals surface area (Å²) in [5, 5.41) is 3.48. The van der Waals surface area contributed by atoms with Crippen LogP contribution in [0.4, 0.5) is 11.4 Å². The molecule has 0 unspecified atom stereocenters. The van der Waals surface area contributed by atoms with Crippen LogP contribution in [0.15, 0.2) is 72.8 Å². The van der Waals surface area contributed by atoms with Crippen LogP contribution in [0.1, 0.15) is 11.1 Å². The summed E-state index contributed by atoms with van der Waals surface area (Å²) >= 11 is 0. The van der Waals surface area contributed by atoms with Gasteiger partial charge in [-0.3, -0.25) is 0 Å². The molecule has 3 aromatic rings. The molecule has 0 bridgehead atoms. The molecule has 3 aromatic carbocycles. The minimum Gasteiger partial charge on any atom is -0.399 e. The quantitative estimate of drug-likeness (QED) is 0.658. The maximum Gasteiger partial charge on any atom is 0.0340 e. The van der Waals surface area contributed by atoms with E-state index in [1.165, 1.54) is 22.3 Å². The Labute approximate surface area is 138 Å². The molecule has 116 valence electrons. The van der Waals surface area contributed by atoms with Gasteiger partial charge in [-0.25, -0.2) is 0 Å². The summed E-state index contributed by atoms with van der Waals surface area (Å²) in [5.41, 5.74) is 12.7. The molecule has 0 fully saturated rings. The molecule has 0 atom stereocenters. The van der Waals surface area contributed by atoms with Crippen molar-refractivity contribution in [2.75, 3.05) is 17.6 Å². The number of aryl methyl sites for hydroxylation is 1. The van der Waals surface area contributed by atoms with Gasteiger partial charge in [-0.15, -0.1) is 0 Å². The number of rotatable bonds is 5. The van der Waals surface area contributed by atoms with Gasteiger partial charge < -0.3 is 11.1 Å². The first-order valence-corrected chi connectivity index (χ1v) is 7.96. The summed E-state index contributed by atoms with van der Waals surface area (Å²) in [4.78, 5) is 0. The Kier molecular flexibility index (Phi) is 4.62. The van der Waals surface area contributed by atoms with Crippen molar-refractivity contribution in [2.45, 2.75) is 13.3 Å². The van der Waals surface area contributed by atoms with E-state index in [1.807, 2.05) is 12.1 Å². The summed E-state index contributed by atoms with van der Waals surface area (Å²) in [6, 6.07) is 25.2. The number of nitrogens with one attached hydrogen (secondary N) is 1. The fraction of sp³-hybridized carbons (Fsp3) is 0.143. The lowest BCUT2D eigenvalue weighted by atomic mass is 10.1. The van der Waals surface area contributed by atoms with E-state index in [0.717, 1.165) is 24.3 Å². The molecule has 0 aliphatic heterocycles. The lowest BCUT2D eigenvalue weighted by molar-refractivity contribution is 1.02. The first-order valence-electron chi connectivity index (χ1n) is 7.96. The molecule has 0 spiro atoms. The van der Waals surface area contributed by atoms with Gasteiger partial charge in [0.2, 0.25) is 0 Å². The van der Waals surface area contributed by atoms with Crippen molar-refractivity contribution in [3.05, 3.63) is 83.9 Å². The van der Waals surface area contributed by atoms with Crippen LogP contribution in [0.25, 0.3) is 11.1 Å². The van der Waals surface area contributed by atoms with Crippen molar-refractivity contribution in [3.63, 3.8) is 0 Å². The second-order valence-electron chi connectivity index (χ2n) is 5.86. The molecule has 0 saturated carbocycles. The number of hydrogen-bond acceptors (Lipinski definition) is 2. The second kappa shape index (κ2) is 7.01. The minimum absolute atomic E-state index is 0.795. The summed E-state index contributed by atoms with van der Waals surface area (Å²) in [5.74, 6) is 0. The number of anilines is 2. The molecule has 2 heteroatoms. The Bertz CT molecular complexity index is 741. The van der Waals surface area contributed by atoms with E-state index in [2.05, 4.69) is 72.9 Å². The highest BCUT2D eigenvalue weighted by atomic mass is 14.9. The van der Waals surface area contributed by atoms with E-state index < -0.39 is 0 Å². The predicted molar refractivity (Wildman–Crippen MR) is 99.7 cm³/mol. The molecule has 0 aliphatic carbocycles. The summed E-state index contributed by atoms with van der Waals surface area (Å²) < 4.78 is 0. The predicted octanol–water partition coefficient (Wildman–Crippen LogP) is 4.90. The van der Waals surface area contributed by atoms with Gasteiger partial charge in [0.1, 0.15) is 0 Å². The third-order valence-electron chi connectivity index (χ3n) is 3.99. The van der Waals surface area contributed by atoms with E-state index in [1.54, 1.807) is 0 Å². The van der Waals surface area contributed by atoms with E-state index in [4.69, 9.17) is 5.73 Å². The third kappa shape index (κ3) is 4.13. The van der Waals surface area contributed by atoms with Crippen LogP contribution in [0.3, 0.4) is 0 Å². The molecular formula is C21H22N2. The zero-order valence-corrected chi connectivity index (χ0v) is 13.4. The minimum atomic E-state index is 0.795. The Balaban J connectivity index is 1.57. The zero-order valence-electron chi connectivity index (χ0n) is 13.4. The standard InChI is InChI=1S/C21H22N2/c1-16-2-4-17(5-3-16)14-15-23-21-12-8-19(9-13-21)18-6-10-20(22)11-7-18/h2-13,23H,14-15,22H2,1H3. The summed E-state index contributed by atoms with van der Waals surface area (Å²) in [7, 11) is 0. The van der Waals surface area contributed by atoms with Crippen molar-refractivity contribution < 1.29 is 0 Å². The van der Waals surface area contributed by atoms with Crippen molar-refractivity contribution >= 4 is 11.4 Å². The smallest absolute Gasteiger partial charge is 0.0340 e. The Morgan fingerprint density at radius 1 is 0.739 bits per heavy atom. The topological polar surface area (TPSA) is 38.0 Å². The molecule has 0 aromatic heterocycles. The van der Waals surface area contributed by atoms with Gasteiger partial charge in [0.05, 0.1) is 0 Å². The third-order valence-corrected chi connectivity index (χ3v) is 3.99. The average molecular weight is 302 g/mol. The molecular weight excluding hydrogens is 280 g/mol. The van der Waals surface area contributed by atoms with Crippen molar-refractivity contribution in [1.29, 1.82) is 0 Å². The molecule has 23 heavy (non-hydrogen) atoms. The Morgan fingerprint density at radius 2 is 1.30 bits per heavy atom. The average Bonchev–Trinajstić information content (AvgIpc) is 2.58. The van der Waals surface area contributed by atoms with E-state index in [-0.39, 0.29) is 0 Å². The van der Waals surface area contributed by atoms with E-state index in [0.29, 0.717) is 0 Å². The number of nitrogen functional groups attached to an aromatic ring is 1. The van der Waals surface area contributed by atoms with Crippen LogP contribution in [0.2, 0.25) is 0 Å². The van der Waals surface area contributed by atoms with Gasteiger partial charge in [0.25, 0.3) is 0 Å². The molecule has 0 radical (unpaired) electrons. The molecule has 0 amide bonds. The van der Waals surface area contributed by atoms with Crippen molar-refractivity contribution in [1.82, 2.24) is 0 Å². The summed E-state index contributed by atoms with van der Waals surface area (Å²) in [6.45, 7) is 3.05. The second-order valence-corrected chi connectivity index (χ2v) is 5.86. The van der Waals surface area contributed by atoms with E-state index >= 15 is 0 Å². The molecule has 2 nitrogen and oxygen atoms in total. The fourth-order valence-corrected chi connectivity index (χ4v) is 2.56. The van der Waals surface area contributed by atoms with Gasteiger partial charge in [-0.1, -0.05) is 54.1 Å². The molecule has 3 N–H and O–H groups in total. The maximum atomic E-state index is 5.73. The summed E-state index contributed by atoms with van der Waals surface area (Å²) in [6.07, 6.45) is 1.03. The van der Waals surface area contributed by atoms with Crippen LogP contribution < -0.4 is 11.1 Å². The molecule has 0 heterocycles. The van der Waals surface area contributed by atoms with Gasteiger partial charge in [0, 0.05) is 17.9 Å². The van der Waals surface area contributed by atoms with Crippen LogP contribution >= 0.6 is 0 Å². The van der Waals surface area contributed by atoms with Crippen LogP contribution in [-0.4, -0.2) is 6.54 Å². The fourth-order valence-electron chi connectivity index (χ4n) is 2.56. The SMILES string of the molecule is Cc1ccc(CCNc2ccc(-c3ccc(N)cc3)cc2)cc1.